The molecule has 198 valence electrons. The maximum Gasteiger partial charge on any atom is 0.246 e. The van der Waals surface area contributed by atoms with Gasteiger partial charge in [-0.25, -0.2) is 8.42 Å². The summed E-state index contributed by atoms with van der Waals surface area (Å²) in [5.74, 6) is -0.319. The van der Waals surface area contributed by atoms with Crippen molar-refractivity contribution in [2.45, 2.75) is 56.8 Å². The summed E-state index contributed by atoms with van der Waals surface area (Å²) in [7, 11) is -3.84. The molecule has 3 rings (SSSR count). The van der Waals surface area contributed by atoms with Crippen molar-refractivity contribution in [2.24, 2.45) is 5.92 Å². The highest BCUT2D eigenvalue weighted by molar-refractivity contribution is 7.89. The number of sulfonamides is 1. The number of rotatable bonds is 13. The largest absolute Gasteiger partial charge is 0.390 e. The first-order valence-corrected chi connectivity index (χ1v) is 13.9. The number of benzene rings is 2. The van der Waals surface area contributed by atoms with E-state index in [2.05, 4.69) is 5.32 Å². The quantitative estimate of drug-likeness (QED) is 0.422. The molecule has 0 saturated carbocycles. The molecule has 2 aromatic carbocycles. The lowest BCUT2D eigenvalue weighted by Crippen LogP contribution is -2.51. The van der Waals surface area contributed by atoms with Crippen molar-refractivity contribution in [1.82, 2.24) is 9.62 Å². The van der Waals surface area contributed by atoms with Crippen molar-refractivity contribution >= 4 is 15.9 Å². The smallest absolute Gasteiger partial charge is 0.246 e. The molecule has 0 aromatic heterocycles. The number of hydrogen-bond donors (Lipinski definition) is 2. The minimum absolute atomic E-state index is 0.0432. The Morgan fingerprint density at radius 2 is 1.83 bits per heavy atom. The van der Waals surface area contributed by atoms with Crippen molar-refractivity contribution in [3.8, 4) is 0 Å². The third-order valence-electron chi connectivity index (χ3n) is 6.07. The number of nitrogens with one attached hydrogen (secondary N) is 1. The lowest BCUT2D eigenvalue weighted by molar-refractivity contribution is -0.129. The fraction of sp³-hybridized carbons (Fsp3) is 0.519. The number of nitrogens with zero attached hydrogens (tertiary/aromatic N) is 1. The molecule has 2 N–H and O–H groups in total. The number of amides is 1. The molecular weight excluding hydrogens is 480 g/mol. The second-order valence-electron chi connectivity index (χ2n) is 9.76. The summed E-state index contributed by atoms with van der Waals surface area (Å²) < 4.78 is 39.1. The van der Waals surface area contributed by atoms with Crippen LogP contribution >= 0.6 is 0 Å². The molecule has 36 heavy (non-hydrogen) atoms. The first-order valence-electron chi connectivity index (χ1n) is 12.4. The predicted octanol–water partition coefficient (Wildman–Crippen LogP) is 2.54. The van der Waals surface area contributed by atoms with Crippen LogP contribution in [-0.2, 0) is 30.7 Å². The molecule has 0 radical (unpaired) electrons. The predicted molar refractivity (Wildman–Crippen MR) is 138 cm³/mol. The summed E-state index contributed by atoms with van der Waals surface area (Å²) >= 11 is 0. The second kappa shape index (κ2) is 13.3. The van der Waals surface area contributed by atoms with Crippen LogP contribution in [0.4, 0.5) is 0 Å². The molecule has 1 saturated heterocycles. The zero-order valence-corrected chi connectivity index (χ0v) is 22.1. The number of aliphatic hydroxyl groups is 1. The van der Waals surface area contributed by atoms with Crippen LogP contribution in [0, 0.1) is 12.8 Å². The van der Waals surface area contributed by atoms with Crippen LogP contribution in [0.1, 0.15) is 31.4 Å². The normalized spacial score (nSPS) is 17.9. The first-order chi connectivity index (χ1) is 17.1. The molecule has 0 aliphatic carbocycles. The maximum atomic E-state index is 13.5. The van der Waals surface area contributed by atoms with E-state index in [0.29, 0.717) is 19.6 Å². The van der Waals surface area contributed by atoms with Gasteiger partial charge in [0.05, 0.1) is 29.8 Å². The number of aliphatic hydroxyl groups excluding tert-OH is 1. The van der Waals surface area contributed by atoms with E-state index in [1.807, 2.05) is 51.1 Å². The molecule has 9 heteroatoms. The first kappa shape index (κ1) is 28.3. The van der Waals surface area contributed by atoms with Gasteiger partial charge in [-0.05, 0) is 43.4 Å². The van der Waals surface area contributed by atoms with Gasteiger partial charge in [0.2, 0.25) is 15.9 Å². The van der Waals surface area contributed by atoms with E-state index in [0.717, 1.165) is 17.5 Å². The Balaban J connectivity index is 1.76. The summed E-state index contributed by atoms with van der Waals surface area (Å²) in [6, 6.07) is 15.5. The molecule has 1 fully saturated rings. The van der Waals surface area contributed by atoms with Crippen LogP contribution in [-0.4, -0.2) is 74.9 Å². The fourth-order valence-electron chi connectivity index (χ4n) is 4.11. The van der Waals surface area contributed by atoms with Gasteiger partial charge < -0.3 is 19.9 Å². The molecule has 0 bridgehead atoms. The summed E-state index contributed by atoms with van der Waals surface area (Å²) in [5, 5.41) is 14.1. The van der Waals surface area contributed by atoms with Gasteiger partial charge in [0, 0.05) is 19.7 Å². The van der Waals surface area contributed by atoms with E-state index in [1.165, 1.54) is 4.31 Å². The van der Waals surface area contributed by atoms with Gasteiger partial charge in [-0.2, -0.15) is 4.31 Å². The van der Waals surface area contributed by atoms with Crippen LogP contribution < -0.4 is 5.32 Å². The third-order valence-corrected chi connectivity index (χ3v) is 7.91. The lowest BCUT2D eigenvalue weighted by Gasteiger charge is -2.31. The van der Waals surface area contributed by atoms with E-state index >= 15 is 0 Å². The lowest BCUT2D eigenvalue weighted by atomic mass is 10.0. The summed E-state index contributed by atoms with van der Waals surface area (Å²) in [6.07, 6.45) is -0.164. The highest BCUT2D eigenvalue weighted by Gasteiger charge is 2.31. The molecular formula is C27H38N2O6S. The Bertz CT molecular complexity index is 1050. The Labute approximate surface area is 214 Å². The average molecular weight is 519 g/mol. The van der Waals surface area contributed by atoms with Gasteiger partial charge in [-0.15, -0.1) is 0 Å². The van der Waals surface area contributed by atoms with Gasteiger partial charge in [0.15, 0.2) is 0 Å². The van der Waals surface area contributed by atoms with Crippen LogP contribution in [0.3, 0.4) is 0 Å². The number of hydrogen-bond acceptors (Lipinski definition) is 6. The maximum absolute atomic E-state index is 13.5. The summed E-state index contributed by atoms with van der Waals surface area (Å²) in [6.45, 7) is 6.77. The van der Waals surface area contributed by atoms with Crippen molar-refractivity contribution < 1.29 is 27.8 Å². The topological polar surface area (TPSA) is 105 Å². The Morgan fingerprint density at radius 1 is 1.14 bits per heavy atom. The van der Waals surface area contributed by atoms with E-state index in [4.69, 9.17) is 9.47 Å². The van der Waals surface area contributed by atoms with Crippen molar-refractivity contribution in [1.29, 1.82) is 0 Å². The van der Waals surface area contributed by atoms with Crippen LogP contribution in [0.2, 0.25) is 0 Å². The molecule has 1 amide bonds. The van der Waals surface area contributed by atoms with E-state index in [9.17, 15) is 18.3 Å². The minimum Gasteiger partial charge on any atom is -0.390 e. The van der Waals surface area contributed by atoms with Gasteiger partial charge in [0.25, 0.3) is 0 Å². The zero-order chi connectivity index (χ0) is 26.1. The molecule has 2 aromatic rings. The van der Waals surface area contributed by atoms with Crippen molar-refractivity contribution in [2.75, 3.05) is 32.9 Å². The average Bonchev–Trinajstić information content (AvgIpc) is 3.36. The van der Waals surface area contributed by atoms with Gasteiger partial charge in [-0.3, -0.25) is 4.79 Å². The molecule has 0 spiro atoms. The van der Waals surface area contributed by atoms with Gasteiger partial charge in [0.1, 0.15) is 6.61 Å². The van der Waals surface area contributed by atoms with Gasteiger partial charge >= 0.3 is 0 Å². The number of aryl methyl sites for hydroxylation is 1. The highest BCUT2D eigenvalue weighted by atomic mass is 32.2. The highest BCUT2D eigenvalue weighted by Crippen LogP contribution is 2.20. The van der Waals surface area contributed by atoms with E-state index < -0.39 is 22.2 Å². The van der Waals surface area contributed by atoms with Crippen LogP contribution in [0.5, 0.6) is 0 Å². The fourth-order valence-corrected chi connectivity index (χ4v) is 5.73. The standard InChI is InChI=1S/C27H38N2O6S/c1-20(2)16-29(36(32,33)24-11-9-21(3)10-12-24)17-26(30)25(15-22-7-5-4-6-8-22)28-27(31)19-35-23-13-14-34-18-23/h4-12,20,23,25-26,30H,13-19H2,1-3H3,(H,28,31)/t23?,25-,26+/m0/s1. The zero-order valence-electron chi connectivity index (χ0n) is 21.3. The molecule has 1 aliphatic rings. The molecule has 1 heterocycles. The number of carbonyl (C=O) groups excluding carboxylic acids is 1. The second-order valence-corrected chi connectivity index (χ2v) is 11.7. The van der Waals surface area contributed by atoms with Crippen molar-refractivity contribution in [3.63, 3.8) is 0 Å². The third kappa shape index (κ3) is 8.38. The minimum atomic E-state index is -3.84. The van der Waals surface area contributed by atoms with E-state index in [1.54, 1.807) is 24.3 Å². The Kier molecular flexibility index (Phi) is 10.4. The molecule has 1 aliphatic heterocycles. The van der Waals surface area contributed by atoms with Gasteiger partial charge in [-0.1, -0.05) is 61.9 Å². The molecule has 1 unspecified atom stereocenters. The molecule has 3 atom stereocenters. The van der Waals surface area contributed by atoms with E-state index in [-0.39, 0.29) is 42.5 Å². The SMILES string of the molecule is Cc1ccc(S(=O)(=O)N(CC(C)C)C[C@@H](O)[C@H](Cc2ccccc2)NC(=O)COC2CCOC2)cc1. The molecule has 8 nitrogen and oxygen atoms in total. The summed E-state index contributed by atoms with van der Waals surface area (Å²) in [4.78, 5) is 12.9. The Morgan fingerprint density at radius 3 is 2.44 bits per heavy atom. The number of carbonyl (C=O) groups is 1. The monoisotopic (exact) mass is 518 g/mol. The summed E-state index contributed by atoms with van der Waals surface area (Å²) in [5.41, 5.74) is 1.88. The van der Waals surface area contributed by atoms with Crippen LogP contribution in [0.25, 0.3) is 0 Å². The van der Waals surface area contributed by atoms with Crippen LogP contribution in [0.15, 0.2) is 59.5 Å². The number of ether oxygens (including phenoxy) is 2. The van der Waals surface area contributed by atoms with Crippen molar-refractivity contribution in [3.05, 3.63) is 65.7 Å². The Hall–Kier alpha value is -2.30.